The normalized spacial score (nSPS) is 13.7. The van der Waals surface area contributed by atoms with Crippen LogP contribution in [0.3, 0.4) is 0 Å². The van der Waals surface area contributed by atoms with E-state index in [-0.39, 0.29) is 5.75 Å². The van der Waals surface area contributed by atoms with E-state index >= 15 is 0 Å². The van der Waals surface area contributed by atoms with E-state index in [0.717, 1.165) is 49.1 Å². The second-order valence-corrected chi connectivity index (χ2v) is 6.81. The number of nitrogens with one attached hydrogen (secondary N) is 1. The van der Waals surface area contributed by atoms with Crippen LogP contribution in [0.2, 0.25) is 0 Å². The number of phenolic OH excluding ortho intramolecular Hbond substituents is 1. The predicted molar refractivity (Wildman–Crippen MR) is 113 cm³/mol. The molecule has 0 aliphatic carbocycles. The van der Waals surface area contributed by atoms with Crippen LogP contribution in [0.4, 0.5) is 0 Å². The van der Waals surface area contributed by atoms with Gasteiger partial charge in [0, 0.05) is 25.2 Å². The highest BCUT2D eigenvalue weighted by molar-refractivity contribution is 5.80. The van der Waals surface area contributed by atoms with E-state index in [4.69, 9.17) is 19.2 Å². The molecule has 0 bridgehead atoms. The lowest BCUT2D eigenvalue weighted by molar-refractivity contribution is 0.346. The summed E-state index contributed by atoms with van der Waals surface area (Å²) in [5.41, 5.74) is 3.19. The molecule has 2 aromatic rings. The van der Waals surface area contributed by atoms with Crippen LogP contribution in [0.15, 0.2) is 35.3 Å². The number of benzene rings is 2. The molecule has 1 aliphatic heterocycles. The van der Waals surface area contributed by atoms with Crippen molar-refractivity contribution >= 4 is 5.96 Å². The number of hydrogen-bond acceptors (Lipinski definition) is 5. The molecule has 0 atom stereocenters. The number of rotatable bonds is 6. The Morgan fingerprint density at radius 2 is 1.79 bits per heavy atom. The maximum atomic E-state index is 10.1. The molecule has 0 saturated heterocycles. The van der Waals surface area contributed by atoms with E-state index in [9.17, 15) is 5.11 Å². The van der Waals surface area contributed by atoms with Gasteiger partial charge in [0.1, 0.15) is 11.5 Å². The number of fused-ring (bicyclic) bond motifs is 1. The molecular weight excluding hydrogens is 370 g/mol. The van der Waals surface area contributed by atoms with Crippen LogP contribution in [0, 0.1) is 0 Å². The van der Waals surface area contributed by atoms with Crippen LogP contribution in [-0.2, 0) is 19.5 Å². The quantitative estimate of drug-likeness (QED) is 0.575. The van der Waals surface area contributed by atoms with Crippen LogP contribution in [0.1, 0.15) is 23.6 Å². The summed E-state index contributed by atoms with van der Waals surface area (Å²) >= 11 is 0. The van der Waals surface area contributed by atoms with Crippen molar-refractivity contribution in [1.82, 2.24) is 10.2 Å². The molecule has 0 unspecified atom stereocenters. The summed E-state index contributed by atoms with van der Waals surface area (Å²) < 4.78 is 16.1. The molecule has 0 fully saturated rings. The third kappa shape index (κ3) is 4.67. The van der Waals surface area contributed by atoms with E-state index in [1.165, 1.54) is 11.1 Å². The third-order valence-electron chi connectivity index (χ3n) is 5.04. The summed E-state index contributed by atoms with van der Waals surface area (Å²) in [4.78, 5) is 6.97. The smallest absolute Gasteiger partial charge is 0.194 e. The fourth-order valence-electron chi connectivity index (χ4n) is 3.47. The molecule has 7 heteroatoms. The Hall–Kier alpha value is -3.09. The number of aromatic hydroxyl groups is 1. The Morgan fingerprint density at radius 3 is 2.45 bits per heavy atom. The molecule has 156 valence electrons. The molecule has 29 heavy (non-hydrogen) atoms. The number of methoxy groups -OCH3 is 3. The summed E-state index contributed by atoms with van der Waals surface area (Å²) in [7, 11) is 4.91. The predicted octanol–water partition coefficient (Wildman–Crippen LogP) is 2.94. The van der Waals surface area contributed by atoms with E-state index in [1.54, 1.807) is 33.5 Å². The van der Waals surface area contributed by atoms with Crippen molar-refractivity contribution in [2.45, 2.75) is 26.4 Å². The highest BCUT2D eigenvalue weighted by Crippen LogP contribution is 2.33. The maximum absolute atomic E-state index is 10.1. The highest BCUT2D eigenvalue weighted by atomic mass is 16.5. The van der Waals surface area contributed by atoms with Gasteiger partial charge in [0.05, 0.1) is 27.9 Å². The molecule has 0 spiro atoms. The lowest BCUT2D eigenvalue weighted by atomic mass is 9.99. The van der Waals surface area contributed by atoms with Crippen LogP contribution >= 0.6 is 0 Å². The van der Waals surface area contributed by atoms with E-state index in [0.29, 0.717) is 12.3 Å². The first-order valence-electron chi connectivity index (χ1n) is 9.72. The Bertz CT molecular complexity index is 883. The molecule has 0 amide bonds. The third-order valence-corrected chi connectivity index (χ3v) is 5.04. The second-order valence-electron chi connectivity index (χ2n) is 6.81. The number of aliphatic imine (C=N–C) groups is 1. The van der Waals surface area contributed by atoms with Gasteiger partial charge in [-0.05, 0) is 54.8 Å². The lowest BCUT2D eigenvalue weighted by Gasteiger charge is -2.32. The number of nitrogens with zero attached hydrogens (tertiary/aromatic N) is 2. The molecule has 0 aromatic heterocycles. The zero-order chi connectivity index (χ0) is 20.8. The van der Waals surface area contributed by atoms with Gasteiger partial charge in [-0.1, -0.05) is 0 Å². The topological polar surface area (TPSA) is 75.6 Å². The first kappa shape index (κ1) is 20.6. The fraction of sp³-hybridized carbons (Fsp3) is 0.409. The molecule has 3 rings (SSSR count). The first-order chi connectivity index (χ1) is 14.1. The number of guanidine groups is 1. The Morgan fingerprint density at radius 1 is 1.07 bits per heavy atom. The van der Waals surface area contributed by atoms with Crippen LogP contribution in [0.5, 0.6) is 23.0 Å². The van der Waals surface area contributed by atoms with Crippen LogP contribution in [-0.4, -0.2) is 50.4 Å². The molecular formula is C22H29N3O4. The highest BCUT2D eigenvalue weighted by Gasteiger charge is 2.21. The summed E-state index contributed by atoms with van der Waals surface area (Å²) in [6.07, 6.45) is 0.893. The molecule has 2 aromatic carbocycles. The molecule has 1 heterocycles. The van der Waals surface area contributed by atoms with Crippen LogP contribution < -0.4 is 19.5 Å². The number of ether oxygens (including phenoxy) is 3. The zero-order valence-corrected chi connectivity index (χ0v) is 17.5. The van der Waals surface area contributed by atoms with Crippen molar-refractivity contribution in [3.8, 4) is 23.0 Å². The number of phenols is 1. The minimum Gasteiger partial charge on any atom is -0.508 e. The minimum atomic E-state index is 0.214. The van der Waals surface area contributed by atoms with Crippen molar-refractivity contribution in [3.63, 3.8) is 0 Å². The van der Waals surface area contributed by atoms with Gasteiger partial charge in [0.15, 0.2) is 17.5 Å². The van der Waals surface area contributed by atoms with Gasteiger partial charge in [-0.15, -0.1) is 0 Å². The average molecular weight is 399 g/mol. The van der Waals surface area contributed by atoms with Gasteiger partial charge in [0.25, 0.3) is 0 Å². The molecule has 1 aliphatic rings. The van der Waals surface area contributed by atoms with Gasteiger partial charge < -0.3 is 29.5 Å². The van der Waals surface area contributed by atoms with Crippen LogP contribution in [0.25, 0.3) is 0 Å². The summed E-state index contributed by atoms with van der Waals surface area (Å²) in [6.45, 7) is 4.74. The molecule has 0 radical (unpaired) electrons. The van der Waals surface area contributed by atoms with Gasteiger partial charge in [0.2, 0.25) is 0 Å². The van der Waals surface area contributed by atoms with Crippen molar-refractivity contribution in [2.75, 3.05) is 34.4 Å². The Kier molecular flexibility index (Phi) is 6.69. The first-order valence-corrected chi connectivity index (χ1v) is 9.72. The summed E-state index contributed by atoms with van der Waals surface area (Å²) in [6, 6.07) is 9.27. The average Bonchev–Trinajstić information content (AvgIpc) is 2.76. The molecule has 0 saturated carbocycles. The van der Waals surface area contributed by atoms with Crippen molar-refractivity contribution in [3.05, 3.63) is 47.0 Å². The van der Waals surface area contributed by atoms with E-state index < -0.39 is 0 Å². The second kappa shape index (κ2) is 9.41. The fourth-order valence-corrected chi connectivity index (χ4v) is 3.47. The molecule has 7 nitrogen and oxygen atoms in total. The molecule has 2 N–H and O–H groups in total. The standard InChI is InChI=1S/C22H29N3O4/c1-5-23-22(24-13-16-10-18(27-2)6-7-19(16)26)25-9-8-15-11-20(28-3)21(29-4)12-17(15)14-25/h6-7,10-12,26H,5,8-9,13-14H2,1-4H3,(H,23,24). The van der Waals surface area contributed by atoms with Crippen molar-refractivity contribution < 1.29 is 19.3 Å². The van der Waals surface area contributed by atoms with Gasteiger partial charge in [-0.2, -0.15) is 0 Å². The van der Waals surface area contributed by atoms with E-state index in [2.05, 4.69) is 16.3 Å². The van der Waals surface area contributed by atoms with Gasteiger partial charge in [-0.25, -0.2) is 4.99 Å². The van der Waals surface area contributed by atoms with Crippen molar-refractivity contribution in [1.29, 1.82) is 0 Å². The van der Waals surface area contributed by atoms with Gasteiger partial charge >= 0.3 is 0 Å². The monoisotopic (exact) mass is 399 g/mol. The zero-order valence-electron chi connectivity index (χ0n) is 17.5. The summed E-state index contributed by atoms with van der Waals surface area (Å²) in [5, 5.41) is 13.5. The SMILES string of the molecule is CCNC(=NCc1cc(OC)ccc1O)N1CCc2cc(OC)c(OC)cc2C1. The minimum absolute atomic E-state index is 0.214. The summed E-state index contributed by atoms with van der Waals surface area (Å²) in [5.74, 6) is 3.22. The maximum Gasteiger partial charge on any atom is 0.194 e. The van der Waals surface area contributed by atoms with Gasteiger partial charge in [-0.3, -0.25) is 0 Å². The Labute approximate surface area is 171 Å². The lowest BCUT2D eigenvalue weighted by Crippen LogP contribution is -2.44. The van der Waals surface area contributed by atoms with E-state index in [1.807, 2.05) is 19.1 Å². The Balaban J connectivity index is 1.82. The number of hydrogen-bond donors (Lipinski definition) is 2. The van der Waals surface area contributed by atoms with Crippen molar-refractivity contribution in [2.24, 2.45) is 4.99 Å². The largest absolute Gasteiger partial charge is 0.508 e.